The van der Waals surface area contributed by atoms with Crippen molar-refractivity contribution in [2.24, 2.45) is 0 Å². The van der Waals surface area contributed by atoms with E-state index in [1.165, 1.54) is 49.0 Å². The van der Waals surface area contributed by atoms with Crippen LogP contribution in [0.1, 0.15) is 70.1 Å². The molecule has 0 bridgehead atoms. The van der Waals surface area contributed by atoms with Crippen LogP contribution in [0.2, 0.25) is 0 Å². The third-order valence-corrected chi connectivity index (χ3v) is 5.20. The van der Waals surface area contributed by atoms with Crippen LogP contribution in [0.5, 0.6) is 0 Å². The van der Waals surface area contributed by atoms with Gasteiger partial charge < -0.3 is 9.80 Å². The predicted octanol–water partition coefficient (Wildman–Crippen LogP) is 4.79. The van der Waals surface area contributed by atoms with Gasteiger partial charge in [-0.3, -0.25) is 4.98 Å². The van der Waals surface area contributed by atoms with E-state index < -0.39 is 0 Å². The van der Waals surface area contributed by atoms with Crippen molar-refractivity contribution in [3.05, 3.63) is 35.9 Å². The molecular weight excluding hydrogens is 270 g/mol. The van der Waals surface area contributed by atoms with E-state index in [-0.39, 0.29) is 0 Å². The van der Waals surface area contributed by atoms with Crippen LogP contribution < -0.4 is 4.90 Å². The first kappa shape index (κ1) is 15.4. The molecule has 0 unspecified atom stereocenters. The van der Waals surface area contributed by atoms with Gasteiger partial charge in [-0.1, -0.05) is 33.1 Å². The Kier molecular flexibility index (Phi) is 4.42. The minimum absolute atomic E-state index is 0.397. The maximum atomic E-state index is 4.66. The van der Waals surface area contributed by atoms with Gasteiger partial charge in [0.25, 0.3) is 0 Å². The average molecular weight is 299 g/mol. The molecule has 3 heteroatoms. The van der Waals surface area contributed by atoms with Crippen LogP contribution in [-0.4, -0.2) is 22.1 Å². The summed E-state index contributed by atoms with van der Waals surface area (Å²) in [6.45, 7) is 8.91. The maximum absolute atomic E-state index is 4.66. The van der Waals surface area contributed by atoms with Gasteiger partial charge in [0.15, 0.2) is 0 Å². The molecule has 0 amide bonds. The van der Waals surface area contributed by atoms with Crippen LogP contribution in [0.3, 0.4) is 0 Å². The van der Waals surface area contributed by atoms with Crippen molar-refractivity contribution in [2.45, 2.75) is 77.9 Å². The number of anilines is 1. The number of pyridine rings is 1. The molecule has 1 saturated carbocycles. The Labute approximate surface area is 135 Å². The standard InChI is InChI=1S/C19H29N3/c1-14(2)18-12-15(3)19(13-20-18)22-11-10-21(16(22)4)17-8-6-5-7-9-17/h10-14,16-17H,5-9H2,1-4H3/t16-/m1/s1. The second kappa shape index (κ2) is 6.31. The van der Waals surface area contributed by atoms with Crippen LogP contribution in [0.15, 0.2) is 24.7 Å². The molecule has 1 atom stereocenters. The fourth-order valence-corrected chi connectivity index (χ4v) is 3.79. The van der Waals surface area contributed by atoms with Crippen molar-refractivity contribution >= 4 is 5.69 Å². The molecule has 0 spiro atoms. The van der Waals surface area contributed by atoms with Gasteiger partial charge in [0, 0.05) is 24.1 Å². The largest absolute Gasteiger partial charge is 0.353 e. The summed E-state index contributed by atoms with van der Waals surface area (Å²) in [6.07, 6.45) is 13.8. The summed E-state index contributed by atoms with van der Waals surface area (Å²) >= 11 is 0. The zero-order chi connectivity index (χ0) is 15.7. The molecule has 0 aromatic carbocycles. The van der Waals surface area contributed by atoms with E-state index >= 15 is 0 Å². The molecule has 1 fully saturated rings. The second-order valence-electron chi connectivity index (χ2n) is 7.13. The molecule has 22 heavy (non-hydrogen) atoms. The summed E-state index contributed by atoms with van der Waals surface area (Å²) in [6, 6.07) is 2.96. The van der Waals surface area contributed by atoms with E-state index in [9.17, 15) is 0 Å². The van der Waals surface area contributed by atoms with Crippen molar-refractivity contribution in [1.82, 2.24) is 9.88 Å². The van der Waals surface area contributed by atoms with E-state index in [0.29, 0.717) is 18.1 Å². The summed E-state index contributed by atoms with van der Waals surface area (Å²) < 4.78 is 0. The van der Waals surface area contributed by atoms with Crippen LogP contribution in [0.4, 0.5) is 5.69 Å². The van der Waals surface area contributed by atoms with Gasteiger partial charge in [-0.05, 0) is 44.2 Å². The highest BCUT2D eigenvalue weighted by Crippen LogP contribution is 2.33. The summed E-state index contributed by atoms with van der Waals surface area (Å²) in [5.74, 6) is 0.484. The van der Waals surface area contributed by atoms with Gasteiger partial charge in [0.2, 0.25) is 0 Å². The lowest BCUT2D eigenvalue weighted by atomic mass is 9.94. The second-order valence-corrected chi connectivity index (χ2v) is 7.13. The van der Waals surface area contributed by atoms with Crippen molar-refractivity contribution in [3.63, 3.8) is 0 Å². The smallest absolute Gasteiger partial charge is 0.103 e. The summed E-state index contributed by atoms with van der Waals surface area (Å²) in [7, 11) is 0. The highest BCUT2D eigenvalue weighted by molar-refractivity contribution is 5.56. The Morgan fingerprint density at radius 1 is 1.14 bits per heavy atom. The van der Waals surface area contributed by atoms with Crippen molar-refractivity contribution in [2.75, 3.05) is 4.90 Å². The number of hydrogen-bond donors (Lipinski definition) is 0. The molecule has 120 valence electrons. The lowest BCUT2D eigenvalue weighted by molar-refractivity contribution is 0.187. The first-order valence-electron chi connectivity index (χ1n) is 8.78. The van der Waals surface area contributed by atoms with Gasteiger partial charge >= 0.3 is 0 Å². The number of aromatic nitrogens is 1. The number of nitrogens with zero attached hydrogens (tertiary/aromatic N) is 3. The Balaban J connectivity index is 1.77. The molecule has 0 saturated heterocycles. The first-order chi connectivity index (χ1) is 10.6. The van der Waals surface area contributed by atoms with E-state index in [2.05, 4.69) is 67.1 Å². The Morgan fingerprint density at radius 3 is 2.50 bits per heavy atom. The summed E-state index contributed by atoms with van der Waals surface area (Å²) in [4.78, 5) is 9.59. The number of rotatable bonds is 3. The summed E-state index contributed by atoms with van der Waals surface area (Å²) in [5.41, 5.74) is 3.74. The molecule has 1 aliphatic carbocycles. The van der Waals surface area contributed by atoms with Gasteiger partial charge in [0.1, 0.15) is 6.17 Å². The van der Waals surface area contributed by atoms with E-state index in [1.807, 2.05) is 0 Å². The van der Waals surface area contributed by atoms with Crippen molar-refractivity contribution < 1.29 is 0 Å². The first-order valence-corrected chi connectivity index (χ1v) is 8.78. The number of hydrogen-bond acceptors (Lipinski definition) is 3. The topological polar surface area (TPSA) is 19.4 Å². The van der Waals surface area contributed by atoms with Crippen molar-refractivity contribution in [3.8, 4) is 0 Å². The quantitative estimate of drug-likeness (QED) is 0.800. The molecular formula is C19H29N3. The monoisotopic (exact) mass is 299 g/mol. The van der Waals surface area contributed by atoms with E-state index in [0.717, 1.165) is 0 Å². The highest BCUT2D eigenvalue weighted by Gasteiger charge is 2.30. The summed E-state index contributed by atoms with van der Waals surface area (Å²) in [5, 5.41) is 0. The van der Waals surface area contributed by atoms with E-state index in [1.54, 1.807) is 0 Å². The third-order valence-electron chi connectivity index (χ3n) is 5.20. The van der Waals surface area contributed by atoms with Gasteiger partial charge in [-0.25, -0.2) is 0 Å². The van der Waals surface area contributed by atoms with Gasteiger partial charge in [0.05, 0.1) is 11.9 Å². The number of aryl methyl sites for hydroxylation is 1. The molecule has 0 radical (unpaired) electrons. The molecule has 2 aliphatic rings. The average Bonchev–Trinajstić information content (AvgIpc) is 2.89. The molecule has 3 nitrogen and oxygen atoms in total. The van der Waals surface area contributed by atoms with E-state index in [4.69, 9.17) is 0 Å². The normalized spacial score (nSPS) is 22.9. The Hall–Kier alpha value is -1.51. The van der Waals surface area contributed by atoms with Crippen molar-refractivity contribution in [1.29, 1.82) is 0 Å². The molecule has 1 aromatic heterocycles. The molecule has 3 rings (SSSR count). The fourth-order valence-electron chi connectivity index (χ4n) is 3.79. The SMILES string of the molecule is Cc1cc(C(C)C)ncc1N1C=CN(C2CCCCC2)[C@H]1C. The van der Waals surface area contributed by atoms with Gasteiger partial charge in [-0.2, -0.15) is 0 Å². The van der Waals surface area contributed by atoms with Crippen LogP contribution in [0.25, 0.3) is 0 Å². The van der Waals surface area contributed by atoms with Gasteiger partial charge in [-0.15, -0.1) is 0 Å². The fraction of sp³-hybridized carbons (Fsp3) is 0.632. The molecule has 0 N–H and O–H groups in total. The Bertz CT molecular complexity index is 544. The Morgan fingerprint density at radius 2 is 1.86 bits per heavy atom. The third kappa shape index (κ3) is 2.86. The van der Waals surface area contributed by atoms with Crippen LogP contribution in [-0.2, 0) is 0 Å². The minimum atomic E-state index is 0.397. The molecule has 1 aromatic rings. The lowest BCUT2D eigenvalue weighted by Gasteiger charge is -2.37. The zero-order valence-electron chi connectivity index (χ0n) is 14.4. The zero-order valence-corrected chi connectivity index (χ0v) is 14.4. The molecule has 1 aliphatic heterocycles. The maximum Gasteiger partial charge on any atom is 0.103 e. The minimum Gasteiger partial charge on any atom is -0.353 e. The highest BCUT2D eigenvalue weighted by atomic mass is 15.4. The molecule has 2 heterocycles. The predicted molar refractivity (Wildman–Crippen MR) is 92.9 cm³/mol. The van der Waals surface area contributed by atoms with Crippen LogP contribution >= 0.6 is 0 Å². The lowest BCUT2D eigenvalue weighted by Crippen LogP contribution is -2.43. The van der Waals surface area contributed by atoms with Crippen LogP contribution in [0, 0.1) is 6.92 Å².